The van der Waals surface area contributed by atoms with Gasteiger partial charge in [0.2, 0.25) is 0 Å². The summed E-state index contributed by atoms with van der Waals surface area (Å²) in [6.45, 7) is 6.56. The Labute approximate surface area is 89.8 Å². The van der Waals surface area contributed by atoms with Gasteiger partial charge >= 0.3 is 0 Å². The molecule has 1 aromatic rings. The molecule has 1 aromatic carbocycles. The van der Waals surface area contributed by atoms with Crippen molar-refractivity contribution in [3.8, 4) is 11.5 Å². The van der Waals surface area contributed by atoms with Crippen LogP contribution in [0, 0.1) is 0 Å². The van der Waals surface area contributed by atoms with Crippen molar-refractivity contribution in [2.75, 3.05) is 6.61 Å². The van der Waals surface area contributed by atoms with E-state index in [1.807, 2.05) is 26.8 Å². The van der Waals surface area contributed by atoms with Crippen molar-refractivity contribution in [3.63, 3.8) is 0 Å². The average Bonchev–Trinajstić information content (AvgIpc) is 2.21. The number of hydrogen-bond acceptors (Lipinski definition) is 2. The molecule has 3 heteroatoms. The summed E-state index contributed by atoms with van der Waals surface area (Å²) in [5.74, 6) is 1.51. The average molecular weight is 215 g/mol. The molecule has 0 bridgehead atoms. The van der Waals surface area contributed by atoms with Crippen LogP contribution >= 0.6 is 11.6 Å². The van der Waals surface area contributed by atoms with Gasteiger partial charge in [0.15, 0.2) is 11.5 Å². The highest BCUT2D eigenvalue weighted by Gasteiger charge is 2.16. The van der Waals surface area contributed by atoms with E-state index in [1.165, 1.54) is 0 Å². The summed E-state index contributed by atoms with van der Waals surface area (Å²) < 4.78 is 10.9. The second kappa shape index (κ2) is 5.11. The highest BCUT2D eigenvalue weighted by Crippen LogP contribution is 2.33. The van der Waals surface area contributed by atoms with E-state index >= 15 is 0 Å². The van der Waals surface area contributed by atoms with Gasteiger partial charge in [0, 0.05) is 11.1 Å². The van der Waals surface area contributed by atoms with Gasteiger partial charge in [-0.2, -0.15) is 0 Å². The van der Waals surface area contributed by atoms with Gasteiger partial charge in [-0.15, -0.1) is 0 Å². The van der Waals surface area contributed by atoms with Crippen LogP contribution in [0.3, 0.4) is 0 Å². The summed E-state index contributed by atoms with van der Waals surface area (Å²) in [7, 11) is 0. The van der Waals surface area contributed by atoms with E-state index in [0.29, 0.717) is 11.6 Å². The fourth-order valence-corrected chi connectivity index (χ4v) is 1.31. The molecule has 0 aliphatic carbocycles. The van der Waals surface area contributed by atoms with Crippen molar-refractivity contribution in [3.05, 3.63) is 23.2 Å². The molecular weight excluding hydrogens is 200 g/mol. The molecular formula is C11H15ClO2. The SMILES string of the molecule is CC.CC1COc2cc(Cl)ccc2O1. The Balaban J connectivity index is 0.000000461. The Hall–Kier alpha value is -0.890. The lowest BCUT2D eigenvalue weighted by Gasteiger charge is -2.23. The molecule has 1 atom stereocenters. The third-order valence-electron chi connectivity index (χ3n) is 1.71. The van der Waals surface area contributed by atoms with E-state index < -0.39 is 0 Å². The third kappa shape index (κ3) is 2.55. The molecule has 1 aliphatic rings. The normalized spacial score (nSPS) is 18.1. The van der Waals surface area contributed by atoms with E-state index in [1.54, 1.807) is 12.1 Å². The smallest absolute Gasteiger partial charge is 0.162 e. The van der Waals surface area contributed by atoms with Crippen LogP contribution in [0.15, 0.2) is 18.2 Å². The summed E-state index contributed by atoms with van der Waals surface area (Å²) in [4.78, 5) is 0. The number of fused-ring (bicyclic) bond motifs is 1. The molecule has 14 heavy (non-hydrogen) atoms. The number of rotatable bonds is 0. The zero-order chi connectivity index (χ0) is 10.6. The molecule has 0 spiro atoms. The van der Waals surface area contributed by atoms with Gasteiger partial charge < -0.3 is 9.47 Å². The lowest BCUT2D eigenvalue weighted by atomic mass is 10.3. The summed E-state index contributed by atoms with van der Waals surface area (Å²) in [6.07, 6.45) is 0.124. The lowest BCUT2D eigenvalue weighted by Crippen LogP contribution is -2.25. The Morgan fingerprint density at radius 2 is 2.00 bits per heavy atom. The molecule has 0 saturated carbocycles. The summed E-state index contributed by atoms with van der Waals surface area (Å²) >= 11 is 5.78. The van der Waals surface area contributed by atoms with E-state index in [0.717, 1.165) is 11.5 Å². The fourth-order valence-electron chi connectivity index (χ4n) is 1.15. The molecule has 0 amide bonds. The number of benzene rings is 1. The Morgan fingerprint density at radius 3 is 2.71 bits per heavy atom. The minimum absolute atomic E-state index is 0.124. The van der Waals surface area contributed by atoms with E-state index in [2.05, 4.69) is 0 Å². The largest absolute Gasteiger partial charge is 0.486 e. The first-order valence-electron chi connectivity index (χ1n) is 4.85. The lowest BCUT2D eigenvalue weighted by molar-refractivity contribution is 0.104. The van der Waals surface area contributed by atoms with Crippen LogP contribution in [0.5, 0.6) is 11.5 Å². The Morgan fingerprint density at radius 1 is 1.29 bits per heavy atom. The van der Waals surface area contributed by atoms with Crippen LogP contribution < -0.4 is 9.47 Å². The second-order valence-corrected chi connectivity index (χ2v) is 3.27. The molecule has 1 heterocycles. The first-order chi connectivity index (χ1) is 6.75. The van der Waals surface area contributed by atoms with E-state index in [4.69, 9.17) is 21.1 Å². The second-order valence-electron chi connectivity index (χ2n) is 2.83. The summed E-state index contributed by atoms with van der Waals surface area (Å²) in [6, 6.07) is 5.39. The third-order valence-corrected chi connectivity index (χ3v) is 1.94. The molecule has 0 fully saturated rings. The fraction of sp³-hybridized carbons (Fsp3) is 0.455. The van der Waals surface area contributed by atoms with Crippen molar-refractivity contribution in [1.29, 1.82) is 0 Å². The number of ether oxygens (including phenoxy) is 2. The Bertz CT molecular complexity index is 299. The minimum Gasteiger partial charge on any atom is -0.486 e. The van der Waals surface area contributed by atoms with Crippen LogP contribution in [0.4, 0.5) is 0 Å². The Kier molecular flexibility index (Phi) is 4.08. The van der Waals surface area contributed by atoms with Crippen LogP contribution in [0.2, 0.25) is 5.02 Å². The van der Waals surface area contributed by atoms with Gasteiger partial charge in [-0.1, -0.05) is 25.4 Å². The minimum atomic E-state index is 0.124. The predicted molar refractivity (Wildman–Crippen MR) is 58.4 cm³/mol. The van der Waals surface area contributed by atoms with Crippen LogP contribution in [-0.4, -0.2) is 12.7 Å². The van der Waals surface area contributed by atoms with Crippen molar-refractivity contribution >= 4 is 11.6 Å². The van der Waals surface area contributed by atoms with E-state index in [9.17, 15) is 0 Å². The molecule has 0 radical (unpaired) electrons. The van der Waals surface area contributed by atoms with Crippen molar-refractivity contribution in [2.45, 2.75) is 26.9 Å². The zero-order valence-corrected chi connectivity index (χ0v) is 9.47. The topological polar surface area (TPSA) is 18.5 Å². The first-order valence-corrected chi connectivity index (χ1v) is 5.22. The van der Waals surface area contributed by atoms with Gasteiger partial charge in [0.1, 0.15) is 12.7 Å². The zero-order valence-electron chi connectivity index (χ0n) is 8.71. The summed E-state index contributed by atoms with van der Waals surface area (Å²) in [5, 5.41) is 0.673. The standard InChI is InChI=1S/C9H9ClO2.C2H6/c1-6-5-11-9-4-7(10)2-3-8(9)12-6;1-2/h2-4,6H,5H2,1H3;1-2H3. The quantitative estimate of drug-likeness (QED) is 0.658. The van der Waals surface area contributed by atoms with Gasteiger partial charge in [-0.3, -0.25) is 0 Å². The molecule has 1 aliphatic heterocycles. The van der Waals surface area contributed by atoms with Crippen LogP contribution in [0.25, 0.3) is 0 Å². The van der Waals surface area contributed by atoms with Gasteiger partial charge in [-0.25, -0.2) is 0 Å². The van der Waals surface area contributed by atoms with E-state index in [-0.39, 0.29) is 6.10 Å². The summed E-state index contributed by atoms with van der Waals surface area (Å²) in [5.41, 5.74) is 0. The van der Waals surface area contributed by atoms with Crippen molar-refractivity contribution < 1.29 is 9.47 Å². The maximum Gasteiger partial charge on any atom is 0.162 e. The molecule has 2 rings (SSSR count). The molecule has 78 valence electrons. The monoisotopic (exact) mass is 214 g/mol. The molecule has 0 N–H and O–H groups in total. The van der Waals surface area contributed by atoms with Gasteiger partial charge in [-0.05, 0) is 19.1 Å². The molecule has 2 nitrogen and oxygen atoms in total. The van der Waals surface area contributed by atoms with Crippen LogP contribution in [0.1, 0.15) is 20.8 Å². The maximum absolute atomic E-state index is 5.78. The van der Waals surface area contributed by atoms with Crippen molar-refractivity contribution in [2.24, 2.45) is 0 Å². The highest BCUT2D eigenvalue weighted by molar-refractivity contribution is 6.30. The van der Waals surface area contributed by atoms with Crippen molar-refractivity contribution in [1.82, 2.24) is 0 Å². The molecule has 0 aromatic heterocycles. The maximum atomic E-state index is 5.78. The highest BCUT2D eigenvalue weighted by atomic mass is 35.5. The van der Waals surface area contributed by atoms with Gasteiger partial charge in [0.05, 0.1) is 0 Å². The van der Waals surface area contributed by atoms with Gasteiger partial charge in [0.25, 0.3) is 0 Å². The number of hydrogen-bond donors (Lipinski definition) is 0. The molecule has 1 unspecified atom stereocenters. The predicted octanol–water partition coefficient (Wildman–Crippen LogP) is 3.53. The first kappa shape index (κ1) is 11.2. The molecule has 0 saturated heterocycles. The van der Waals surface area contributed by atoms with Crippen LogP contribution in [-0.2, 0) is 0 Å². The number of halogens is 1.